The predicted molar refractivity (Wildman–Crippen MR) is 72.1 cm³/mol. The first-order valence-electron chi connectivity index (χ1n) is 5.42. The molecule has 0 aliphatic heterocycles. The lowest BCUT2D eigenvalue weighted by Gasteiger charge is -2.00. The molecule has 2 aromatic carbocycles. The summed E-state index contributed by atoms with van der Waals surface area (Å²) in [6.45, 7) is 0. The van der Waals surface area contributed by atoms with Crippen LogP contribution >= 0.6 is 11.3 Å². The molecule has 1 aromatic heterocycles. The van der Waals surface area contributed by atoms with E-state index in [0.29, 0.717) is 11.1 Å². The molecule has 4 heteroatoms. The van der Waals surface area contributed by atoms with Gasteiger partial charge in [-0.2, -0.15) is 0 Å². The van der Waals surface area contributed by atoms with Crippen LogP contribution in [0.1, 0.15) is 10.4 Å². The van der Waals surface area contributed by atoms with Gasteiger partial charge in [-0.05, 0) is 30.3 Å². The number of hydrogen-bond acceptors (Lipinski definition) is 4. The maximum Gasteiger partial charge on any atom is 0.150 e. The van der Waals surface area contributed by atoms with Crippen molar-refractivity contribution in [3.05, 3.63) is 48.0 Å². The van der Waals surface area contributed by atoms with Gasteiger partial charge in [0.2, 0.25) is 0 Å². The minimum atomic E-state index is 0.139. The zero-order chi connectivity index (χ0) is 12.5. The molecule has 1 N–H and O–H groups in total. The average molecular weight is 255 g/mol. The molecule has 3 nitrogen and oxygen atoms in total. The van der Waals surface area contributed by atoms with Crippen molar-refractivity contribution in [3.63, 3.8) is 0 Å². The third-order valence-corrected chi connectivity index (χ3v) is 3.75. The lowest BCUT2D eigenvalue weighted by Crippen LogP contribution is -1.83. The molecule has 88 valence electrons. The van der Waals surface area contributed by atoms with Crippen LogP contribution in [0.4, 0.5) is 0 Å². The number of thiazole rings is 1. The molecule has 3 rings (SSSR count). The van der Waals surface area contributed by atoms with Crippen molar-refractivity contribution < 1.29 is 9.90 Å². The summed E-state index contributed by atoms with van der Waals surface area (Å²) < 4.78 is 1.06. The van der Waals surface area contributed by atoms with Gasteiger partial charge in [-0.1, -0.05) is 12.1 Å². The number of benzene rings is 2. The van der Waals surface area contributed by atoms with Crippen molar-refractivity contribution in [2.75, 3.05) is 0 Å². The normalized spacial score (nSPS) is 10.7. The second kappa shape index (κ2) is 4.23. The van der Waals surface area contributed by atoms with E-state index in [1.807, 2.05) is 24.3 Å². The highest BCUT2D eigenvalue weighted by Crippen LogP contribution is 2.35. The van der Waals surface area contributed by atoms with Crippen LogP contribution in [0.2, 0.25) is 0 Å². The minimum Gasteiger partial charge on any atom is -0.507 e. The minimum absolute atomic E-state index is 0.139. The highest BCUT2D eigenvalue weighted by Gasteiger charge is 2.10. The molecule has 0 bridgehead atoms. The van der Waals surface area contributed by atoms with Crippen LogP contribution in [0.15, 0.2) is 42.5 Å². The molecular weight excluding hydrogens is 246 g/mol. The SMILES string of the molecule is O=Cc1ccc(O)c(-c2nc3ccccc3s2)c1. The molecule has 0 fully saturated rings. The molecular formula is C14H9NO2S. The maximum atomic E-state index is 10.8. The van der Waals surface area contributed by atoms with E-state index in [9.17, 15) is 9.90 Å². The highest BCUT2D eigenvalue weighted by atomic mass is 32.1. The van der Waals surface area contributed by atoms with Gasteiger partial charge in [-0.25, -0.2) is 4.98 Å². The van der Waals surface area contributed by atoms with Gasteiger partial charge in [0.25, 0.3) is 0 Å². The molecule has 0 amide bonds. The number of nitrogens with zero attached hydrogens (tertiary/aromatic N) is 1. The first-order valence-corrected chi connectivity index (χ1v) is 6.24. The molecule has 18 heavy (non-hydrogen) atoms. The van der Waals surface area contributed by atoms with Crippen LogP contribution in [0.25, 0.3) is 20.8 Å². The molecule has 0 saturated heterocycles. The van der Waals surface area contributed by atoms with Gasteiger partial charge in [0.1, 0.15) is 17.0 Å². The molecule has 0 atom stereocenters. The third-order valence-electron chi connectivity index (χ3n) is 2.68. The monoisotopic (exact) mass is 255 g/mol. The molecule has 0 aliphatic rings. The van der Waals surface area contributed by atoms with Crippen molar-refractivity contribution >= 4 is 27.8 Å². The number of aromatic hydroxyl groups is 1. The van der Waals surface area contributed by atoms with Crippen LogP contribution in [0.5, 0.6) is 5.75 Å². The van der Waals surface area contributed by atoms with E-state index < -0.39 is 0 Å². The zero-order valence-corrected chi connectivity index (χ0v) is 10.1. The van der Waals surface area contributed by atoms with Gasteiger partial charge >= 0.3 is 0 Å². The topological polar surface area (TPSA) is 50.2 Å². The number of phenols is 1. The smallest absolute Gasteiger partial charge is 0.150 e. The maximum absolute atomic E-state index is 10.8. The number of para-hydroxylation sites is 1. The summed E-state index contributed by atoms with van der Waals surface area (Å²) in [6, 6.07) is 12.5. The summed E-state index contributed by atoms with van der Waals surface area (Å²) in [6.07, 6.45) is 0.760. The summed E-state index contributed by atoms with van der Waals surface area (Å²) in [5.41, 5.74) is 2.02. The fraction of sp³-hybridized carbons (Fsp3) is 0. The predicted octanol–water partition coefficient (Wildman–Crippen LogP) is 3.48. The Hall–Kier alpha value is -2.20. The fourth-order valence-electron chi connectivity index (χ4n) is 1.79. The number of carbonyl (C=O) groups is 1. The van der Waals surface area contributed by atoms with Crippen LogP contribution < -0.4 is 0 Å². The average Bonchev–Trinajstić information content (AvgIpc) is 2.82. The second-order valence-corrected chi connectivity index (χ2v) is 4.91. The van der Waals surface area contributed by atoms with Crippen molar-refractivity contribution in [3.8, 4) is 16.3 Å². The Morgan fingerprint density at radius 3 is 2.78 bits per heavy atom. The van der Waals surface area contributed by atoms with E-state index in [4.69, 9.17) is 0 Å². The van der Waals surface area contributed by atoms with Crippen molar-refractivity contribution in [1.82, 2.24) is 4.98 Å². The van der Waals surface area contributed by atoms with Crippen molar-refractivity contribution in [2.24, 2.45) is 0 Å². The largest absolute Gasteiger partial charge is 0.507 e. The number of phenolic OH excluding ortho intramolecular Hbond substituents is 1. The number of aldehydes is 1. The number of aromatic nitrogens is 1. The molecule has 0 saturated carbocycles. The number of fused-ring (bicyclic) bond motifs is 1. The fourth-order valence-corrected chi connectivity index (χ4v) is 2.78. The van der Waals surface area contributed by atoms with E-state index in [1.165, 1.54) is 17.4 Å². The van der Waals surface area contributed by atoms with Crippen LogP contribution in [0.3, 0.4) is 0 Å². The lowest BCUT2D eigenvalue weighted by atomic mass is 10.1. The highest BCUT2D eigenvalue weighted by molar-refractivity contribution is 7.21. The van der Waals surface area contributed by atoms with Crippen molar-refractivity contribution in [1.29, 1.82) is 0 Å². The Bertz CT molecular complexity index is 700. The van der Waals surface area contributed by atoms with Crippen molar-refractivity contribution in [2.45, 2.75) is 0 Å². The first-order chi connectivity index (χ1) is 8.78. The Labute approximate surface area is 107 Å². The number of rotatable bonds is 2. The molecule has 0 spiro atoms. The second-order valence-electron chi connectivity index (χ2n) is 3.88. The molecule has 0 unspecified atom stereocenters. The third kappa shape index (κ3) is 1.76. The van der Waals surface area contributed by atoms with Crippen LogP contribution in [-0.2, 0) is 0 Å². The van der Waals surface area contributed by atoms with E-state index in [0.717, 1.165) is 21.5 Å². The summed E-state index contributed by atoms with van der Waals surface area (Å²) >= 11 is 1.50. The number of carbonyl (C=O) groups excluding carboxylic acids is 1. The first kappa shape index (κ1) is 10.9. The quantitative estimate of drug-likeness (QED) is 0.713. The Morgan fingerprint density at radius 2 is 2.00 bits per heavy atom. The van der Waals surface area contributed by atoms with Crippen LogP contribution in [0, 0.1) is 0 Å². The Kier molecular flexibility index (Phi) is 2.57. The van der Waals surface area contributed by atoms with E-state index in [2.05, 4.69) is 4.98 Å². The van der Waals surface area contributed by atoms with Gasteiger partial charge in [-0.3, -0.25) is 4.79 Å². The zero-order valence-electron chi connectivity index (χ0n) is 9.33. The Morgan fingerprint density at radius 1 is 1.17 bits per heavy atom. The van der Waals surface area contributed by atoms with Gasteiger partial charge in [0, 0.05) is 5.56 Å². The van der Waals surface area contributed by atoms with Gasteiger partial charge in [-0.15, -0.1) is 11.3 Å². The summed E-state index contributed by atoms with van der Waals surface area (Å²) in [4.78, 5) is 15.2. The Balaban J connectivity index is 2.21. The van der Waals surface area contributed by atoms with E-state index in [-0.39, 0.29) is 5.75 Å². The van der Waals surface area contributed by atoms with Gasteiger partial charge < -0.3 is 5.11 Å². The number of hydrogen-bond donors (Lipinski definition) is 1. The molecule has 0 aliphatic carbocycles. The van der Waals surface area contributed by atoms with E-state index in [1.54, 1.807) is 12.1 Å². The molecule has 0 radical (unpaired) electrons. The van der Waals surface area contributed by atoms with Gasteiger partial charge in [0.15, 0.2) is 0 Å². The molecule has 1 heterocycles. The van der Waals surface area contributed by atoms with Gasteiger partial charge in [0.05, 0.1) is 15.8 Å². The molecule has 3 aromatic rings. The van der Waals surface area contributed by atoms with Crippen LogP contribution in [-0.4, -0.2) is 16.4 Å². The summed E-state index contributed by atoms with van der Waals surface area (Å²) in [5.74, 6) is 0.139. The summed E-state index contributed by atoms with van der Waals surface area (Å²) in [7, 11) is 0. The standard InChI is InChI=1S/C14H9NO2S/c16-8-9-5-6-12(17)10(7-9)14-15-11-3-1-2-4-13(11)18-14/h1-8,17H. The van der Waals surface area contributed by atoms with E-state index >= 15 is 0 Å². The lowest BCUT2D eigenvalue weighted by molar-refractivity contribution is 0.112. The summed E-state index contributed by atoms with van der Waals surface area (Å²) in [5, 5.41) is 10.6.